The molecule has 0 saturated carbocycles. The van der Waals surface area contributed by atoms with E-state index >= 15 is 0 Å². The number of carbonyl (C=O) groups excluding carboxylic acids is 1. The van der Waals surface area contributed by atoms with Crippen molar-refractivity contribution < 1.29 is 17.9 Å². The molecule has 6 nitrogen and oxygen atoms in total. The Morgan fingerprint density at radius 2 is 2.00 bits per heavy atom. The highest BCUT2D eigenvalue weighted by Crippen LogP contribution is 2.34. The highest BCUT2D eigenvalue weighted by atomic mass is 35.5. The Morgan fingerprint density at radius 1 is 1.31 bits per heavy atom. The molecule has 0 aliphatic carbocycles. The van der Waals surface area contributed by atoms with Crippen molar-refractivity contribution in [1.29, 1.82) is 0 Å². The van der Waals surface area contributed by atoms with Crippen molar-refractivity contribution >= 4 is 27.5 Å². The fourth-order valence-electron chi connectivity index (χ4n) is 3.59. The van der Waals surface area contributed by atoms with E-state index in [9.17, 15) is 13.2 Å². The summed E-state index contributed by atoms with van der Waals surface area (Å²) in [5.74, 6) is -0.102. The topological polar surface area (TPSA) is 66.9 Å². The van der Waals surface area contributed by atoms with Gasteiger partial charge in [0.2, 0.25) is 15.9 Å². The highest BCUT2D eigenvalue weighted by Gasteiger charge is 2.44. The molecule has 2 aliphatic heterocycles. The number of sulfonamides is 1. The third kappa shape index (κ3) is 3.53. The van der Waals surface area contributed by atoms with Gasteiger partial charge < -0.3 is 9.64 Å². The molecule has 2 heterocycles. The number of halogens is 1. The molecular formula is C18H23ClN2O4S. The van der Waals surface area contributed by atoms with Crippen molar-refractivity contribution in [3.05, 3.63) is 41.4 Å². The molecule has 2 aliphatic rings. The minimum Gasteiger partial charge on any atom is -0.372 e. The molecule has 26 heavy (non-hydrogen) atoms. The molecule has 1 amide bonds. The zero-order valence-corrected chi connectivity index (χ0v) is 16.4. The van der Waals surface area contributed by atoms with Crippen molar-refractivity contribution in [2.24, 2.45) is 0 Å². The second kappa shape index (κ2) is 7.31. The van der Waals surface area contributed by atoms with Gasteiger partial charge in [0.25, 0.3) is 0 Å². The smallest absolute Gasteiger partial charge is 0.245 e. The van der Waals surface area contributed by atoms with Gasteiger partial charge in [-0.25, -0.2) is 8.42 Å². The lowest BCUT2D eigenvalue weighted by Crippen LogP contribution is -2.58. The maximum Gasteiger partial charge on any atom is 0.245 e. The number of rotatable bonds is 3. The molecule has 3 rings (SSSR count). The lowest BCUT2D eigenvalue weighted by atomic mass is 9.90. The summed E-state index contributed by atoms with van der Waals surface area (Å²) in [6, 6.07) is 4.92. The summed E-state index contributed by atoms with van der Waals surface area (Å²) in [5, 5.41) is 0.435. The van der Waals surface area contributed by atoms with Gasteiger partial charge in [0.05, 0.1) is 17.1 Å². The molecule has 0 N–H and O–H groups in total. The van der Waals surface area contributed by atoms with E-state index in [1.165, 1.54) is 10.4 Å². The van der Waals surface area contributed by atoms with Crippen LogP contribution in [-0.4, -0.2) is 61.9 Å². The molecule has 1 aromatic rings. The molecule has 2 fully saturated rings. The summed E-state index contributed by atoms with van der Waals surface area (Å²) in [6.45, 7) is 7.24. The van der Waals surface area contributed by atoms with Crippen LogP contribution in [0.5, 0.6) is 0 Å². The fraction of sp³-hybridized carbons (Fsp3) is 0.500. The Bertz CT molecular complexity index is 816. The van der Waals surface area contributed by atoms with Crippen molar-refractivity contribution in [2.45, 2.75) is 30.3 Å². The predicted octanol–water partition coefficient (Wildman–Crippen LogP) is 2.22. The number of amides is 1. The van der Waals surface area contributed by atoms with Gasteiger partial charge in [0, 0.05) is 31.2 Å². The van der Waals surface area contributed by atoms with Crippen LogP contribution in [0.4, 0.5) is 0 Å². The van der Waals surface area contributed by atoms with E-state index in [1.807, 2.05) is 0 Å². The first-order valence-corrected chi connectivity index (χ1v) is 10.4. The van der Waals surface area contributed by atoms with Crippen LogP contribution in [0.1, 0.15) is 18.4 Å². The third-order valence-electron chi connectivity index (χ3n) is 5.21. The third-order valence-corrected chi connectivity index (χ3v) is 7.61. The average molecular weight is 399 g/mol. The number of carbonyl (C=O) groups is 1. The number of ether oxygens (including phenoxy) is 1. The number of hydrogen-bond acceptors (Lipinski definition) is 4. The summed E-state index contributed by atoms with van der Waals surface area (Å²) in [7, 11) is -3.65. The lowest BCUT2D eigenvalue weighted by molar-refractivity contribution is -0.140. The van der Waals surface area contributed by atoms with Crippen molar-refractivity contribution in [3.8, 4) is 0 Å². The Kier molecular flexibility index (Phi) is 5.44. The summed E-state index contributed by atoms with van der Waals surface area (Å²) in [6.07, 6.45) is 2.51. The first-order chi connectivity index (χ1) is 12.3. The van der Waals surface area contributed by atoms with Crippen molar-refractivity contribution in [1.82, 2.24) is 9.21 Å². The quantitative estimate of drug-likeness (QED) is 0.732. The minimum absolute atomic E-state index is 0.102. The first kappa shape index (κ1) is 19.4. The zero-order valence-electron chi connectivity index (χ0n) is 14.8. The summed E-state index contributed by atoms with van der Waals surface area (Å²) in [5.41, 5.74) is 0.0107. The number of morpholine rings is 1. The Hall–Kier alpha value is -1.41. The normalized spacial score (nSPS) is 20.9. The summed E-state index contributed by atoms with van der Waals surface area (Å²) < 4.78 is 33.8. The largest absolute Gasteiger partial charge is 0.372 e. The fourth-order valence-corrected chi connectivity index (χ4v) is 5.56. The Morgan fingerprint density at radius 3 is 2.65 bits per heavy atom. The van der Waals surface area contributed by atoms with Crippen LogP contribution in [0.25, 0.3) is 0 Å². The Labute approximate surface area is 159 Å². The molecule has 0 unspecified atom stereocenters. The molecule has 0 radical (unpaired) electrons. The van der Waals surface area contributed by atoms with Crippen LogP contribution in [0.15, 0.2) is 35.7 Å². The van der Waals surface area contributed by atoms with Gasteiger partial charge in [-0.3, -0.25) is 4.79 Å². The molecule has 1 spiro atoms. The van der Waals surface area contributed by atoms with E-state index in [2.05, 4.69) is 6.58 Å². The molecular weight excluding hydrogens is 376 g/mol. The molecule has 2 saturated heterocycles. The van der Waals surface area contributed by atoms with Crippen molar-refractivity contribution in [3.63, 3.8) is 0 Å². The molecule has 142 valence electrons. The molecule has 0 atom stereocenters. The van der Waals surface area contributed by atoms with Crippen LogP contribution < -0.4 is 0 Å². The van der Waals surface area contributed by atoms with E-state index in [0.29, 0.717) is 49.7 Å². The number of benzene rings is 1. The molecule has 8 heteroatoms. The molecule has 1 aromatic carbocycles. The summed E-state index contributed by atoms with van der Waals surface area (Å²) >= 11 is 6.11. The maximum absolute atomic E-state index is 13.1. The monoisotopic (exact) mass is 398 g/mol. The first-order valence-electron chi connectivity index (χ1n) is 8.60. The van der Waals surface area contributed by atoms with E-state index in [4.69, 9.17) is 16.3 Å². The van der Waals surface area contributed by atoms with E-state index in [0.717, 1.165) is 0 Å². The van der Waals surface area contributed by atoms with Gasteiger partial charge in [0.15, 0.2) is 0 Å². The van der Waals surface area contributed by atoms with Crippen LogP contribution in [-0.2, 0) is 19.6 Å². The standard InChI is InChI=1S/C18H23ClN2O4S/c1-3-17(22)20-9-7-18(8-10-20)13-21(11-12-25-18)26(23,24)16-6-4-5-15(19)14(16)2/h3-6H,1,7-13H2,2H3. The summed E-state index contributed by atoms with van der Waals surface area (Å²) in [4.78, 5) is 13.7. The second-order valence-corrected chi connectivity index (χ2v) is 9.08. The van der Waals surface area contributed by atoms with Crippen LogP contribution in [0, 0.1) is 6.92 Å². The zero-order chi connectivity index (χ0) is 18.9. The van der Waals surface area contributed by atoms with Gasteiger partial charge in [-0.15, -0.1) is 0 Å². The molecule has 0 aromatic heterocycles. The lowest BCUT2D eigenvalue weighted by Gasteiger charge is -2.46. The SMILES string of the molecule is C=CC(=O)N1CCC2(CC1)CN(S(=O)(=O)c1cccc(Cl)c1C)CCO2. The van der Waals surface area contributed by atoms with Gasteiger partial charge in [-0.05, 0) is 43.5 Å². The second-order valence-electron chi connectivity index (χ2n) is 6.76. The van der Waals surface area contributed by atoms with Gasteiger partial charge in [-0.2, -0.15) is 4.31 Å². The number of piperidine rings is 1. The number of likely N-dealkylation sites (tertiary alicyclic amines) is 1. The maximum atomic E-state index is 13.1. The minimum atomic E-state index is -3.65. The molecule has 0 bridgehead atoms. The average Bonchev–Trinajstić information content (AvgIpc) is 2.64. The number of nitrogens with zero attached hydrogens (tertiary/aromatic N) is 2. The van der Waals surface area contributed by atoms with Gasteiger partial charge in [-0.1, -0.05) is 24.2 Å². The van der Waals surface area contributed by atoms with Gasteiger partial charge >= 0.3 is 0 Å². The van der Waals surface area contributed by atoms with Crippen molar-refractivity contribution in [2.75, 3.05) is 32.8 Å². The number of hydrogen-bond donors (Lipinski definition) is 0. The van der Waals surface area contributed by atoms with E-state index < -0.39 is 15.6 Å². The highest BCUT2D eigenvalue weighted by molar-refractivity contribution is 7.89. The van der Waals surface area contributed by atoms with Crippen LogP contribution in [0.3, 0.4) is 0 Å². The van der Waals surface area contributed by atoms with Gasteiger partial charge in [0.1, 0.15) is 0 Å². The Balaban J connectivity index is 1.79. The predicted molar refractivity (Wildman–Crippen MR) is 99.6 cm³/mol. The van der Waals surface area contributed by atoms with Crippen LogP contribution >= 0.6 is 11.6 Å². The van der Waals surface area contributed by atoms with Crippen LogP contribution in [0.2, 0.25) is 5.02 Å². The van der Waals surface area contributed by atoms with E-state index in [1.54, 1.807) is 30.0 Å². The van der Waals surface area contributed by atoms with E-state index in [-0.39, 0.29) is 17.3 Å².